The van der Waals surface area contributed by atoms with Gasteiger partial charge in [-0.2, -0.15) is 4.31 Å². The van der Waals surface area contributed by atoms with E-state index < -0.39 is 10.0 Å². The SMILES string of the molecule is CC(C)(C)c1ccc(S(=O)(=O)N2CC3C(CN(C(=O)C4CCC4)c4ccc(N5CCOCC5)nc4)C3C2)cc1. The molecule has 1 aromatic carbocycles. The van der Waals surface area contributed by atoms with Gasteiger partial charge in [0, 0.05) is 38.6 Å². The predicted octanol–water partition coefficient (Wildman–Crippen LogP) is 3.92. The third-order valence-corrected chi connectivity index (χ3v) is 11.0. The van der Waals surface area contributed by atoms with Gasteiger partial charge in [-0.1, -0.05) is 39.3 Å². The number of pyridine rings is 1. The lowest BCUT2D eigenvalue weighted by molar-refractivity contribution is -0.124. The van der Waals surface area contributed by atoms with Crippen molar-refractivity contribution >= 4 is 27.4 Å². The van der Waals surface area contributed by atoms with Crippen LogP contribution in [0.15, 0.2) is 47.5 Å². The number of carbonyl (C=O) groups excluding carboxylic acids is 1. The monoisotopic (exact) mass is 552 g/mol. The number of ether oxygens (including phenoxy) is 1. The van der Waals surface area contributed by atoms with Gasteiger partial charge in [-0.15, -0.1) is 0 Å². The van der Waals surface area contributed by atoms with Crippen molar-refractivity contribution < 1.29 is 17.9 Å². The Labute approximate surface area is 232 Å². The zero-order valence-electron chi connectivity index (χ0n) is 23.3. The van der Waals surface area contributed by atoms with E-state index in [-0.39, 0.29) is 17.2 Å². The summed E-state index contributed by atoms with van der Waals surface area (Å²) in [7, 11) is -3.52. The predicted molar refractivity (Wildman–Crippen MR) is 151 cm³/mol. The number of benzene rings is 1. The van der Waals surface area contributed by atoms with Gasteiger partial charge in [0.25, 0.3) is 0 Å². The Balaban J connectivity index is 1.12. The standard InChI is InChI=1S/C30H40N4O4S/c1-30(2,3)22-7-10-24(11-8-22)39(36,37)33-18-25-26(19-33)27(25)20-34(29(35)21-5-4-6-21)23-9-12-28(31-17-23)32-13-15-38-16-14-32/h7-12,17,21,25-27H,4-6,13-16,18-20H2,1-3H3. The van der Waals surface area contributed by atoms with Crippen molar-refractivity contribution in [1.82, 2.24) is 9.29 Å². The number of anilines is 2. The second-order valence-corrected chi connectivity index (χ2v) is 14.6. The van der Waals surface area contributed by atoms with Gasteiger partial charge < -0.3 is 14.5 Å². The van der Waals surface area contributed by atoms with Gasteiger partial charge >= 0.3 is 0 Å². The number of morpholine rings is 1. The maximum absolute atomic E-state index is 13.5. The molecule has 39 heavy (non-hydrogen) atoms. The molecule has 9 heteroatoms. The van der Waals surface area contributed by atoms with Gasteiger partial charge in [-0.3, -0.25) is 4.79 Å². The molecule has 3 heterocycles. The highest BCUT2D eigenvalue weighted by molar-refractivity contribution is 7.89. The van der Waals surface area contributed by atoms with Crippen molar-refractivity contribution in [1.29, 1.82) is 0 Å². The molecule has 2 saturated heterocycles. The molecule has 0 radical (unpaired) electrons. The van der Waals surface area contributed by atoms with E-state index in [2.05, 4.69) is 25.7 Å². The van der Waals surface area contributed by atoms with Crippen molar-refractivity contribution in [2.24, 2.45) is 23.7 Å². The fourth-order valence-corrected chi connectivity index (χ4v) is 7.80. The summed E-state index contributed by atoms with van der Waals surface area (Å²) in [4.78, 5) is 22.7. The lowest BCUT2D eigenvalue weighted by Crippen LogP contribution is -2.42. The van der Waals surface area contributed by atoms with Crippen molar-refractivity contribution in [2.45, 2.75) is 50.3 Å². The van der Waals surface area contributed by atoms with E-state index in [4.69, 9.17) is 9.72 Å². The molecule has 1 aromatic heterocycles. The van der Waals surface area contributed by atoms with Gasteiger partial charge in [-0.25, -0.2) is 13.4 Å². The molecule has 0 bridgehead atoms. The first-order valence-electron chi connectivity index (χ1n) is 14.3. The van der Waals surface area contributed by atoms with E-state index in [1.807, 2.05) is 35.4 Å². The molecule has 2 aliphatic carbocycles. The topological polar surface area (TPSA) is 83.1 Å². The Morgan fingerprint density at radius 1 is 1.03 bits per heavy atom. The van der Waals surface area contributed by atoms with Gasteiger partial charge in [0.05, 0.1) is 30.0 Å². The number of amides is 1. The molecule has 2 aromatic rings. The lowest BCUT2D eigenvalue weighted by atomic mass is 9.84. The van der Waals surface area contributed by atoms with E-state index >= 15 is 0 Å². The summed E-state index contributed by atoms with van der Waals surface area (Å²) in [6.45, 7) is 11.1. The Bertz CT molecular complexity index is 1280. The highest BCUT2D eigenvalue weighted by Crippen LogP contribution is 2.53. The maximum atomic E-state index is 13.5. The number of piperidine rings is 1. The fourth-order valence-electron chi connectivity index (χ4n) is 6.28. The van der Waals surface area contributed by atoms with Crippen LogP contribution in [-0.2, 0) is 25.0 Å². The van der Waals surface area contributed by atoms with Gasteiger partial charge in [-0.05, 0) is 65.8 Å². The Kier molecular flexibility index (Phi) is 6.96. The number of hydrogen-bond donors (Lipinski definition) is 0. The quantitative estimate of drug-likeness (QED) is 0.518. The van der Waals surface area contributed by atoms with Crippen molar-refractivity contribution in [3.63, 3.8) is 0 Å². The van der Waals surface area contributed by atoms with Crippen LogP contribution >= 0.6 is 0 Å². The number of fused-ring (bicyclic) bond motifs is 1. The van der Waals surface area contributed by atoms with E-state index in [0.717, 1.165) is 49.4 Å². The van der Waals surface area contributed by atoms with E-state index in [1.165, 1.54) is 0 Å². The molecule has 2 aliphatic heterocycles. The minimum atomic E-state index is -3.52. The average molecular weight is 553 g/mol. The van der Waals surface area contributed by atoms with Crippen LogP contribution in [0.1, 0.15) is 45.6 Å². The summed E-state index contributed by atoms with van der Waals surface area (Å²) in [5, 5.41) is 0. The fraction of sp³-hybridized carbons (Fsp3) is 0.600. The summed E-state index contributed by atoms with van der Waals surface area (Å²) >= 11 is 0. The molecule has 4 fully saturated rings. The van der Waals surface area contributed by atoms with Gasteiger partial charge in [0.15, 0.2) is 0 Å². The largest absolute Gasteiger partial charge is 0.378 e. The van der Waals surface area contributed by atoms with Crippen LogP contribution in [0.25, 0.3) is 0 Å². The number of nitrogens with zero attached hydrogens (tertiary/aromatic N) is 4. The highest BCUT2D eigenvalue weighted by Gasteiger charge is 2.58. The Hall–Kier alpha value is -2.49. The van der Waals surface area contributed by atoms with E-state index in [0.29, 0.717) is 55.5 Å². The van der Waals surface area contributed by atoms with Crippen LogP contribution in [0.3, 0.4) is 0 Å². The van der Waals surface area contributed by atoms with Crippen molar-refractivity contribution in [3.05, 3.63) is 48.2 Å². The normalized spacial score (nSPS) is 25.7. The molecule has 8 nitrogen and oxygen atoms in total. The molecule has 210 valence electrons. The van der Waals surface area contributed by atoms with Crippen LogP contribution in [-0.4, -0.2) is 69.6 Å². The molecule has 2 saturated carbocycles. The van der Waals surface area contributed by atoms with Crippen molar-refractivity contribution in [2.75, 3.05) is 55.7 Å². The lowest BCUT2D eigenvalue weighted by Gasteiger charge is -2.33. The maximum Gasteiger partial charge on any atom is 0.243 e. The minimum Gasteiger partial charge on any atom is -0.378 e. The second kappa shape index (κ2) is 10.2. The van der Waals surface area contributed by atoms with Crippen molar-refractivity contribution in [3.8, 4) is 0 Å². The van der Waals surface area contributed by atoms with Crippen LogP contribution in [0.4, 0.5) is 11.5 Å². The molecule has 6 rings (SSSR count). The summed E-state index contributed by atoms with van der Waals surface area (Å²) in [6, 6.07) is 11.4. The molecular formula is C30H40N4O4S. The first-order valence-corrected chi connectivity index (χ1v) is 15.8. The molecule has 0 spiro atoms. The molecular weight excluding hydrogens is 512 g/mol. The number of sulfonamides is 1. The average Bonchev–Trinajstić information content (AvgIpc) is 3.32. The van der Waals surface area contributed by atoms with E-state index in [9.17, 15) is 13.2 Å². The van der Waals surface area contributed by atoms with Crippen LogP contribution < -0.4 is 9.80 Å². The number of aromatic nitrogens is 1. The zero-order valence-corrected chi connectivity index (χ0v) is 24.1. The highest BCUT2D eigenvalue weighted by atomic mass is 32.2. The molecule has 1 amide bonds. The van der Waals surface area contributed by atoms with Gasteiger partial charge in [0.2, 0.25) is 15.9 Å². The molecule has 2 unspecified atom stereocenters. The van der Waals surface area contributed by atoms with Crippen LogP contribution in [0, 0.1) is 23.7 Å². The minimum absolute atomic E-state index is 0.0219. The zero-order chi connectivity index (χ0) is 27.4. The number of carbonyl (C=O) groups is 1. The Morgan fingerprint density at radius 3 is 2.23 bits per heavy atom. The van der Waals surface area contributed by atoms with E-state index in [1.54, 1.807) is 16.4 Å². The smallest absolute Gasteiger partial charge is 0.243 e. The summed E-state index contributed by atoms with van der Waals surface area (Å²) in [5.74, 6) is 2.11. The third kappa shape index (κ3) is 5.21. The first kappa shape index (κ1) is 26.7. The molecule has 0 N–H and O–H groups in total. The van der Waals surface area contributed by atoms with Crippen LogP contribution in [0.5, 0.6) is 0 Å². The molecule has 4 aliphatic rings. The van der Waals surface area contributed by atoms with Crippen LogP contribution in [0.2, 0.25) is 0 Å². The summed E-state index contributed by atoms with van der Waals surface area (Å²) in [5.41, 5.74) is 1.94. The first-order chi connectivity index (χ1) is 18.6. The molecule has 2 atom stereocenters. The Morgan fingerprint density at radius 2 is 1.69 bits per heavy atom. The number of hydrogen-bond acceptors (Lipinski definition) is 6. The summed E-state index contributed by atoms with van der Waals surface area (Å²) < 4.78 is 33.8. The van der Waals surface area contributed by atoms with Gasteiger partial charge in [0.1, 0.15) is 5.82 Å². The third-order valence-electron chi connectivity index (χ3n) is 9.19. The second-order valence-electron chi connectivity index (χ2n) is 12.6. The summed E-state index contributed by atoms with van der Waals surface area (Å²) in [6.07, 6.45) is 4.84. The number of rotatable bonds is 7.